The quantitative estimate of drug-likeness (QED) is 0.479. The van der Waals surface area contributed by atoms with E-state index in [1.807, 2.05) is 0 Å². The molecule has 2 saturated carbocycles. The van der Waals surface area contributed by atoms with Crippen LogP contribution in [0, 0.1) is 0 Å². The predicted octanol–water partition coefficient (Wildman–Crippen LogP) is 3.87. The highest BCUT2D eigenvalue weighted by Crippen LogP contribution is 2.36. The highest BCUT2D eigenvalue weighted by molar-refractivity contribution is 9.10. The first kappa shape index (κ1) is 23.6. The summed E-state index contributed by atoms with van der Waals surface area (Å²) in [5, 5.41) is 7.17. The van der Waals surface area contributed by atoms with Gasteiger partial charge in [0.25, 0.3) is 11.8 Å². The van der Waals surface area contributed by atoms with Crippen molar-refractivity contribution >= 4 is 33.3 Å². The lowest BCUT2D eigenvalue weighted by molar-refractivity contribution is -0.145. The monoisotopic (exact) mass is 554 g/mol. The van der Waals surface area contributed by atoms with Gasteiger partial charge in [-0.1, -0.05) is 0 Å². The molecular weight excluding hydrogens is 533 g/mol. The number of nitrogens with one attached hydrogen (secondary N) is 1. The van der Waals surface area contributed by atoms with Crippen LogP contribution in [0.3, 0.4) is 0 Å². The molecule has 0 bridgehead atoms. The predicted molar refractivity (Wildman–Crippen MR) is 121 cm³/mol. The Kier molecular flexibility index (Phi) is 5.98. The van der Waals surface area contributed by atoms with Crippen molar-refractivity contribution in [3.8, 4) is 5.88 Å². The molecule has 186 valence electrons. The Balaban J connectivity index is 1.24. The molecule has 2 aliphatic carbocycles. The Bertz CT molecular complexity index is 1290. The van der Waals surface area contributed by atoms with E-state index in [1.165, 1.54) is 12.3 Å². The van der Waals surface area contributed by atoms with Gasteiger partial charge in [-0.2, -0.15) is 13.2 Å². The number of imidazole rings is 1. The molecule has 2 fully saturated rings. The molecule has 3 heterocycles. The summed E-state index contributed by atoms with van der Waals surface area (Å²) in [6.07, 6.45) is 2.16. The molecule has 0 radical (unpaired) electrons. The van der Waals surface area contributed by atoms with Crippen molar-refractivity contribution in [1.82, 2.24) is 24.5 Å². The molecule has 0 aromatic carbocycles. The van der Waals surface area contributed by atoms with E-state index < -0.39 is 23.8 Å². The second-order valence-electron chi connectivity index (χ2n) is 8.87. The number of hydrogen-bond acceptors (Lipinski definition) is 5. The highest BCUT2D eigenvalue weighted by atomic mass is 79.9. The van der Waals surface area contributed by atoms with E-state index in [-0.39, 0.29) is 40.8 Å². The summed E-state index contributed by atoms with van der Waals surface area (Å²) in [6, 6.07) is 3.00. The summed E-state index contributed by atoms with van der Waals surface area (Å²) in [5.41, 5.74) is 5.50. The van der Waals surface area contributed by atoms with Crippen LogP contribution in [0.4, 0.5) is 13.2 Å². The van der Waals surface area contributed by atoms with Gasteiger partial charge >= 0.3 is 6.18 Å². The molecule has 9 nitrogen and oxygen atoms in total. The second-order valence-corrected chi connectivity index (χ2v) is 9.79. The van der Waals surface area contributed by atoms with Crippen LogP contribution in [-0.2, 0) is 6.18 Å². The molecule has 2 aliphatic rings. The molecule has 13 heteroatoms. The molecule has 2 amide bonds. The van der Waals surface area contributed by atoms with Gasteiger partial charge in [0.2, 0.25) is 11.7 Å². The van der Waals surface area contributed by atoms with E-state index in [9.17, 15) is 22.8 Å². The molecule has 3 aromatic heterocycles. The topological polar surface area (TPSA) is 117 Å². The van der Waals surface area contributed by atoms with Crippen molar-refractivity contribution in [3.05, 3.63) is 46.1 Å². The lowest BCUT2D eigenvalue weighted by Crippen LogP contribution is -2.40. The maximum atomic E-state index is 13.5. The van der Waals surface area contributed by atoms with Gasteiger partial charge in [-0.25, -0.2) is 4.98 Å². The van der Waals surface area contributed by atoms with Crippen LogP contribution in [-0.4, -0.2) is 43.1 Å². The number of carbonyl (C=O) groups excluding carboxylic acids is 2. The van der Waals surface area contributed by atoms with Gasteiger partial charge < -0.3 is 15.8 Å². The number of alkyl halides is 3. The molecule has 3 aromatic rings. The fraction of sp³-hybridized carbons (Fsp3) is 0.455. The van der Waals surface area contributed by atoms with Crippen LogP contribution in [0.2, 0.25) is 0 Å². The van der Waals surface area contributed by atoms with Crippen LogP contribution < -0.4 is 15.8 Å². The summed E-state index contributed by atoms with van der Waals surface area (Å²) < 4.78 is 49.3. The number of nitrogens with zero attached hydrogens (tertiary/aromatic N) is 4. The summed E-state index contributed by atoms with van der Waals surface area (Å²) >= 11 is 3.15. The first-order valence-electron chi connectivity index (χ1n) is 11.2. The highest BCUT2D eigenvalue weighted by Gasteiger charge is 2.38. The molecular formula is C22H22BrF3N6O3. The number of halogens is 4. The number of fused-ring (bicyclic) bond motifs is 1. The molecule has 0 aliphatic heterocycles. The minimum atomic E-state index is -4.71. The SMILES string of the molecule is NC(=O)c1cn(C2CC2)nc1O[C@H]1CC[C@H](NC(=O)c2nc(C(F)(F)F)n3cc(Br)ccc23)CC1. The zero-order chi connectivity index (χ0) is 24.9. The molecule has 0 atom stereocenters. The van der Waals surface area contributed by atoms with Gasteiger partial charge in [0.1, 0.15) is 11.7 Å². The number of amides is 2. The van der Waals surface area contributed by atoms with Crippen molar-refractivity contribution in [2.45, 2.75) is 62.9 Å². The fourth-order valence-corrected chi connectivity index (χ4v) is 4.66. The van der Waals surface area contributed by atoms with Gasteiger partial charge in [0.15, 0.2) is 5.69 Å². The van der Waals surface area contributed by atoms with E-state index >= 15 is 0 Å². The van der Waals surface area contributed by atoms with Gasteiger partial charge in [0, 0.05) is 22.9 Å². The normalized spacial score (nSPS) is 20.7. The van der Waals surface area contributed by atoms with Gasteiger partial charge in [-0.3, -0.25) is 18.7 Å². The Hall–Kier alpha value is -3.09. The third kappa shape index (κ3) is 4.86. The lowest BCUT2D eigenvalue weighted by Gasteiger charge is -2.29. The summed E-state index contributed by atoms with van der Waals surface area (Å²) in [5.74, 6) is -2.21. The van der Waals surface area contributed by atoms with Gasteiger partial charge in [-0.05, 0) is 66.6 Å². The Morgan fingerprint density at radius 2 is 1.83 bits per heavy atom. The summed E-state index contributed by atoms with van der Waals surface area (Å²) in [7, 11) is 0. The van der Waals surface area contributed by atoms with Crippen molar-refractivity contribution in [2.24, 2.45) is 5.73 Å². The second kappa shape index (κ2) is 8.85. The first-order valence-corrected chi connectivity index (χ1v) is 12.0. The van der Waals surface area contributed by atoms with E-state index in [0.717, 1.165) is 17.2 Å². The lowest BCUT2D eigenvalue weighted by atomic mass is 9.93. The molecule has 5 rings (SSSR count). The third-order valence-electron chi connectivity index (χ3n) is 6.24. The standard InChI is InChI=1S/C22H22BrF3N6O3/c23-11-1-8-16-17(29-21(22(24,25)26)31(16)9-11)19(34)28-12-2-6-14(7-3-12)35-20-15(18(27)33)10-32(30-20)13-4-5-13/h1,8-10,12-14H,2-7H2,(H2,27,33)(H,28,34)/t12-,14-. The summed E-state index contributed by atoms with van der Waals surface area (Å²) in [4.78, 5) is 28.2. The number of primary amides is 1. The number of carbonyl (C=O) groups is 2. The number of nitrogens with two attached hydrogens (primary N) is 1. The summed E-state index contributed by atoms with van der Waals surface area (Å²) in [6.45, 7) is 0. The number of pyridine rings is 1. The smallest absolute Gasteiger partial charge is 0.450 e. The average Bonchev–Trinajstić information content (AvgIpc) is 3.43. The van der Waals surface area contributed by atoms with E-state index in [0.29, 0.717) is 30.2 Å². The van der Waals surface area contributed by atoms with E-state index in [1.54, 1.807) is 16.9 Å². The number of rotatable bonds is 6. The zero-order valence-corrected chi connectivity index (χ0v) is 20.0. The molecule has 0 saturated heterocycles. The Labute approximate surface area is 205 Å². The number of hydrogen-bond donors (Lipinski definition) is 2. The molecule has 0 spiro atoms. The van der Waals surface area contributed by atoms with Crippen LogP contribution >= 0.6 is 15.9 Å². The zero-order valence-electron chi connectivity index (χ0n) is 18.4. The minimum Gasteiger partial charge on any atom is -0.473 e. The van der Waals surface area contributed by atoms with Crippen molar-refractivity contribution in [2.75, 3.05) is 0 Å². The van der Waals surface area contributed by atoms with Crippen molar-refractivity contribution in [1.29, 1.82) is 0 Å². The third-order valence-corrected chi connectivity index (χ3v) is 6.71. The molecule has 0 unspecified atom stereocenters. The van der Waals surface area contributed by atoms with Gasteiger partial charge in [0.05, 0.1) is 11.6 Å². The average molecular weight is 555 g/mol. The first-order chi connectivity index (χ1) is 16.6. The van der Waals surface area contributed by atoms with Crippen molar-refractivity contribution < 1.29 is 27.5 Å². The largest absolute Gasteiger partial charge is 0.473 e. The van der Waals surface area contributed by atoms with Gasteiger partial charge in [-0.15, -0.1) is 5.10 Å². The van der Waals surface area contributed by atoms with Crippen molar-refractivity contribution in [3.63, 3.8) is 0 Å². The van der Waals surface area contributed by atoms with Crippen LogP contribution in [0.25, 0.3) is 5.52 Å². The fourth-order valence-electron chi connectivity index (χ4n) is 4.32. The Morgan fingerprint density at radius 1 is 1.11 bits per heavy atom. The minimum absolute atomic E-state index is 0.0697. The molecule has 35 heavy (non-hydrogen) atoms. The van der Waals surface area contributed by atoms with E-state index in [4.69, 9.17) is 10.5 Å². The number of ether oxygens (including phenoxy) is 1. The number of aromatic nitrogens is 4. The Morgan fingerprint density at radius 3 is 2.46 bits per heavy atom. The maximum absolute atomic E-state index is 13.5. The van der Waals surface area contributed by atoms with Crippen LogP contribution in [0.15, 0.2) is 29.0 Å². The van der Waals surface area contributed by atoms with E-state index in [2.05, 4.69) is 31.3 Å². The van der Waals surface area contributed by atoms with Crippen LogP contribution in [0.5, 0.6) is 5.88 Å². The van der Waals surface area contributed by atoms with Crippen LogP contribution in [0.1, 0.15) is 71.2 Å². The maximum Gasteiger partial charge on any atom is 0.450 e. The molecule has 3 N–H and O–H groups in total.